The summed E-state index contributed by atoms with van der Waals surface area (Å²) in [5, 5.41) is 14.1. The maximum atomic E-state index is 12.5. The second kappa shape index (κ2) is 6.53. The van der Waals surface area contributed by atoms with Gasteiger partial charge in [-0.2, -0.15) is 5.10 Å². The number of carboxylic acids is 1. The molecule has 136 valence electrons. The molecule has 2 aromatic carbocycles. The van der Waals surface area contributed by atoms with Crippen LogP contribution < -0.4 is 4.74 Å². The number of aromatic carboxylic acids is 1. The summed E-state index contributed by atoms with van der Waals surface area (Å²) in [5.74, 6) is -1.72. The van der Waals surface area contributed by atoms with E-state index in [-0.39, 0.29) is 23.1 Å². The van der Waals surface area contributed by atoms with Crippen molar-refractivity contribution in [1.82, 2.24) is 9.78 Å². The molecule has 0 bridgehead atoms. The number of rotatable bonds is 4. The van der Waals surface area contributed by atoms with E-state index in [1.807, 2.05) is 6.92 Å². The van der Waals surface area contributed by atoms with Gasteiger partial charge in [0.25, 0.3) is 0 Å². The van der Waals surface area contributed by atoms with Crippen LogP contribution in [0.1, 0.15) is 21.6 Å². The number of carboxylic acid groups (broad SMARTS) is 1. The fourth-order valence-corrected chi connectivity index (χ4v) is 2.85. The van der Waals surface area contributed by atoms with Crippen LogP contribution in [-0.4, -0.2) is 27.2 Å². The third-order valence-corrected chi connectivity index (χ3v) is 4.02. The van der Waals surface area contributed by atoms with E-state index < -0.39 is 18.1 Å². The van der Waals surface area contributed by atoms with Crippen molar-refractivity contribution < 1.29 is 27.8 Å². The smallest absolute Gasteiger partial charge is 0.476 e. The maximum Gasteiger partial charge on any atom is 0.573 e. The van der Waals surface area contributed by atoms with Crippen molar-refractivity contribution >= 4 is 28.5 Å². The van der Waals surface area contributed by atoms with Crippen molar-refractivity contribution in [2.45, 2.75) is 19.8 Å². The number of alkyl halides is 3. The van der Waals surface area contributed by atoms with Crippen molar-refractivity contribution in [3.63, 3.8) is 0 Å². The van der Waals surface area contributed by atoms with Crippen molar-refractivity contribution in [3.05, 3.63) is 58.2 Å². The van der Waals surface area contributed by atoms with Gasteiger partial charge in [-0.05, 0) is 42.3 Å². The molecular weight excluding hydrogens is 373 g/mol. The number of halogens is 4. The lowest BCUT2D eigenvalue weighted by atomic mass is 10.1. The minimum absolute atomic E-state index is 0.169. The predicted molar refractivity (Wildman–Crippen MR) is 88.7 cm³/mol. The van der Waals surface area contributed by atoms with Gasteiger partial charge in [-0.15, -0.1) is 13.2 Å². The highest BCUT2D eigenvalue weighted by atomic mass is 35.5. The summed E-state index contributed by atoms with van der Waals surface area (Å²) in [6, 6.07) is 8.58. The van der Waals surface area contributed by atoms with Crippen molar-refractivity contribution in [2.24, 2.45) is 0 Å². The van der Waals surface area contributed by atoms with Crippen molar-refractivity contribution in [3.8, 4) is 5.75 Å². The van der Waals surface area contributed by atoms with Gasteiger partial charge in [0.05, 0.1) is 12.1 Å². The Morgan fingerprint density at radius 3 is 2.62 bits per heavy atom. The van der Waals surface area contributed by atoms with E-state index in [9.17, 15) is 23.1 Å². The molecule has 9 heteroatoms. The molecule has 1 heterocycles. The molecule has 0 aliphatic carbocycles. The molecule has 3 aromatic rings. The van der Waals surface area contributed by atoms with Gasteiger partial charge in [-0.3, -0.25) is 4.68 Å². The Balaban J connectivity index is 2.10. The fraction of sp³-hybridized carbons (Fsp3) is 0.176. The van der Waals surface area contributed by atoms with Crippen LogP contribution in [0.4, 0.5) is 13.2 Å². The Hall–Kier alpha value is -2.74. The summed E-state index contributed by atoms with van der Waals surface area (Å²) in [6.45, 7) is 1.99. The topological polar surface area (TPSA) is 64.4 Å². The SMILES string of the molecule is Cc1cc(Cl)ccc1Cn1nc(C(=O)O)c2ccc(OC(F)(F)F)cc21. The first-order chi connectivity index (χ1) is 12.1. The van der Waals surface area contributed by atoms with Crippen LogP contribution in [0.3, 0.4) is 0 Å². The normalized spacial score (nSPS) is 11.7. The third kappa shape index (κ3) is 3.75. The van der Waals surface area contributed by atoms with E-state index >= 15 is 0 Å². The standard InChI is InChI=1S/C17H12ClF3N2O3/c1-9-6-11(18)3-2-10(9)8-23-14-7-12(26-17(19,20)21)4-5-13(14)15(22-23)16(24)25/h2-7H,8H2,1H3,(H,24,25). The molecule has 0 saturated heterocycles. The minimum atomic E-state index is -4.85. The molecule has 0 spiro atoms. The van der Waals surface area contributed by atoms with Crippen LogP contribution in [0.15, 0.2) is 36.4 Å². The van der Waals surface area contributed by atoms with Gasteiger partial charge in [-0.25, -0.2) is 4.79 Å². The van der Waals surface area contributed by atoms with Crippen LogP contribution in [0.2, 0.25) is 5.02 Å². The first-order valence-corrected chi connectivity index (χ1v) is 7.76. The zero-order chi connectivity index (χ0) is 19.1. The highest BCUT2D eigenvalue weighted by Gasteiger charge is 2.31. The number of hydrogen-bond acceptors (Lipinski definition) is 3. The number of aromatic nitrogens is 2. The minimum Gasteiger partial charge on any atom is -0.476 e. The average Bonchev–Trinajstić information content (AvgIpc) is 2.87. The lowest BCUT2D eigenvalue weighted by molar-refractivity contribution is -0.274. The molecule has 0 atom stereocenters. The zero-order valence-corrected chi connectivity index (χ0v) is 14.1. The molecular formula is C17H12ClF3N2O3. The zero-order valence-electron chi connectivity index (χ0n) is 13.3. The molecule has 26 heavy (non-hydrogen) atoms. The number of ether oxygens (including phenoxy) is 1. The van der Waals surface area contributed by atoms with Crippen molar-refractivity contribution in [1.29, 1.82) is 0 Å². The fourth-order valence-electron chi connectivity index (χ4n) is 2.63. The van der Waals surface area contributed by atoms with Crippen LogP contribution >= 0.6 is 11.6 Å². The molecule has 0 unspecified atom stereocenters. The first kappa shape index (κ1) is 18.1. The lowest BCUT2D eigenvalue weighted by Gasteiger charge is -2.10. The molecule has 1 aromatic heterocycles. The van der Waals surface area contributed by atoms with Gasteiger partial charge in [0.1, 0.15) is 5.75 Å². The summed E-state index contributed by atoms with van der Waals surface area (Å²) < 4.78 is 42.6. The Labute approximate surface area is 150 Å². The van der Waals surface area contributed by atoms with Gasteiger partial charge >= 0.3 is 12.3 Å². The summed E-state index contributed by atoms with van der Waals surface area (Å²) in [5.41, 5.74) is 1.63. The molecule has 0 saturated carbocycles. The van der Waals surface area contributed by atoms with Crippen molar-refractivity contribution in [2.75, 3.05) is 0 Å². The molecule has 5 nitrogen and oxygen atoms in total. The van der Waals surface area contributed by atoms with Gasteiger partial charge in [0.15, 0.2) is 5.69 Å². The summed E-state index contributed by atoms with van der Waals surface area (Å²) >= 11 is 5.92. The van der Waals surface area contributed by atoms with E-state index in [0.29, 0.717) is 5.02 Å². The number of carbonyl (C=O) groups is 1. The van der Waals surface area contributed by atoms with Crippen LogP contribution in [0.25, 0.3) is 10.9 Å². The molecule has 0 radical (unpaired) electrons. The second-order valence-electron chi connectivity index (χ2n) is 5.61. The van der Waals surface area contributed by atoms with Gasteiger partial charge < -0.3 is 9.84 Å². The number of benzene rings is 2. The maximum absolute atomic E-state index is 12.5. The van der Waals surface area contributed by atoms with Crippen LogP contribution in [0, 0.1) is 6.92 Å². The van der Waals surface area contributed by atoms with Crippen LogP contribution in [-0.2, 0) is 6.54 Å². The third-order valence-electron chi connectivity index (χ3n) is 3.78. The first-order valence-electron chi connectivity index (χ1n) is 7.38. The Morgan fingerprint density at radius 1 is 1.27 bits per heavy atom. The second-order valence-corrected chi connectivity index (χ2v) is 6.05. The van der Waals surface area contributed by atoms with Gasteiger partial charge in [0, 0.05) is 16.5 Å². The van der Waals surface area contributed by atoms with E-state index in [4.69, 9.17) is 11.6 Å². The van der Waals surface area contributed by atoms with Gasteiger partial charge in [0.2, 0.25) is 0 Å². The lowest BCUT2D eigenvalue weighted by Crippen LogP contribution is -2.17. The quantitative estimate of drug-likeness (QED) is 0.711. The highest BCUT2D eigenvalue weighted by molar-refractivity contribution is 6.30. The number of fused-ring (bicyclic) bond motifs is 1. The molecule has 3 rings (SSSR count). The molecule has 0 amide bonds. The van der Waals surface area contributed by atoms with E-state index in [0.717, 1.165) is 23.3 Å². The average molecular weight is 385 g/mol. The summed E-state index contributed by atoms with van der Waals surface area (Å²) in [7, 11) is 0. The van der Waals surface area contributed by atoms with E-state index in [1.165, 1.54) is 10.7 Å². The summed E-state index contributed by atoms with van der Waals surface area (Å²) in [4.78, 5) is 11.4. The predicted octanol–water partition coefficient (Wildman–Crippen LogP) is 4.64. The molecule has 0 aliphatic heterocycles. The largest absolute Gasteiger partial charge is 0.573 e. The highest BCUT2D eigenvalue weighted by Crippen LogP contribution is 2.29. The molecule has 1 N–H and O–H groups in total. The Morgan fingerprint density at radius 2 is 2.00 bits per heavy atom. The Kier molecular flexibility index (Phi) is 4.53. The summed E-state index contributed by atoms with van der Waals surface area (Å²) in [6.07, 6.45) is -4.85. The Bertz CT molecular complexity index is 999. The van der Waals surface area contributed by atoms with Crippen LogP contribution in [0.5, 0.6) is 5.75 Å². The molecule has 0 aliphatic rings. The number of aryl methyl sites for hydroxylation is 1. The van der Waals surface area contributed by atoms with Gasteiger partial charge in [-0.1, -0.05) is 17.7 Å². The molecule has 0 fully saturated rings. The van der Waals surface area contributed by atoms with E-state index in [2.05, 4.69) is 9.84 Å². The number of nitrogens with zero attached hydrogens (tertiary/aromatic N) is 2. The monoisotopic (exact) mass is 384 g/mol. The number of hydrogen-bond donors (Lipinski definition) is 1. The van der Waals surface area contributed by atoms with E-state index in [1.54, 1.807) is 18.2 Å².